The minimum Gasteiger partial charge on any atom is -0.548 e. The van der Waals surface area contributed by atoms with Crippen molar-refractivity contribution in [1.82, 2.24) is 4.90 Å². The Bertz CT molecular complexity index is 762. The van der Waals surface area contributed by atoms with Gasteiger partial charge in [-0.3, -0.25) is 9.69 Å². The van der Waals surface area contributed by atoms with Gasteiger partial charge in [0.2, 0.25) is 0 Å². The first-order chi connectivity index (χ1) is 12.9. The number of ether oxygens (including phenoxy) is 2. The Hall–Kier alpha value is -2.06. The van der Waals surface area contributed by atoms with Crippen molar-refractivity contribution in [3.8, 4) is 11.5 Å². The van der Waals surface area contributed by atoms with Crippen LogP contribution in [-0.2, 0) is 9.59 Å². The van der Waals surface area contributed by atoms with Crippen LogP contribution in [-0.4, -0.2) is 40.9 Å². The van der Waals surface area contributed by atoms with Crippen LogP contribution in [0.3, 0.4) is 0 Å². The van der Waals surface area contributed by atoms with E-state index in [1.54, 1.807) is 32.2 Å². The highest BCUT2D eigenvalue weighted by Gasteiger charge is 2.37. The van der Waals surface area contributed by atoms with Crippen LogP contribution in [0.4, 0.5) is 0 Å². The van der Waals surface area contributed by atoms with E-state index < -0.39 is 17.9 Å². The average molecular weight is 409 g/mol. The molecule has 1 aromatic carbocycles. The van der Waals surface area contributed by atoms with Gasteiger partial charge in [-0.2, -0.15) is 0 Å². The quantitative estimate of drug-likeness (QED) is 0.353. The minimum absolute atomic E-state index is 0.216. The predicted molar refractivity (Wildman–Crippen MR) is 107 cm³/mol. The number of thiocarbonyl (C=S) groups is 1. The van der Waals surface area contributed by atoms with Gasteiger partial charge in [0.1, 0.15) is 4.32 Å². The van der Waals surface area contributed by atoms with E-state index in [-0.39, 0.29) is 10.7 Å². The van der Waals surface area contributed by atoms with Crippen molar-refractivity contribution in [3.63, 3.8) is 0 Å². The molecule has 0 spiro atoms. The zero-order valence-corrected chi connectivity index (χ0v) is 17.2. The molecule has 1 aliphatic heterocycles. The van der Waals surface area contributed by atoms with E-state index in [2.05, 4.69) is 6.92 Å². The molecule has 2 rings (SSSR count). The number of hydrogen-bond donors (Lipinski definition) is 0. The van der Waals surface area contributed by atoms with Gasteiger partial charge in [-0.05, 0) is 36.6 Å². The molecule has 0 aliphatic carbocycles. The fourth-order valence-corrected chi connectivity index (χ4v) is 3.93. The van der Waals surface area contributed by atoms with Crippen LogP contribution in [0, 0.1) is 0 Å². The van der Waals surface area contributed by atoms with E-state index in [9.17, 15) is 14.7 Å². The number of unbranched alkanes of at least 4 members (excludes halogenated alkanes) is 1. The Morgan fingerprint density at radius 1 is 1.37 bits per heavy atom. The van der Waals surface area contributed by atoms with Gasteiger partial charge in [0.05, 0.1) is 30.6 Å². The fraction of sp³-hybridized carbons (Fsp3) is 0.421. The molecule has 0 saturated carbocycles. The zero-order valence-electron chi connectivity index (χ0n) is 15.5. The number of aliphatic carboxylic acids is 1. The molecule has 1 atom stereocenters. The summed E-state index contributed by atoms with van der Waals surface area (Å²) in [5.41, 5.74) is 0.733. The van der Waals surface area contributed by atoms with Crippen molar-refractivity contribution in [1.29, 1.82) is 0 Å². The van der Waals surface area contributed by atoms with Crippen molar-refractivity contribution in [2.45, 2.75) is 39.2 Å². The van der Waals surface area contributed by atoms with Crippen LogP contribution in [0.25, 0.3) is 6.08 Å². The summed E-state index contributed by atoms with van der Waals surface area (Å²) in [5.74, 6) is -0.538. The Labute approximate surface area is 168 Å². The topological polar surface area (TPSA) is 78.9 Å². The molecule has 27 heavy (non-hydrogen) atoms. The molecule has 0 radical (unpaired) electrons. The molecule has 1 aromatic rings. The molecule has 0 N–H and O–H groups in total. The number of carbonyl (C=O) groups excluding carboxylic acids is 2. The Kier molecular flexibility index (Phi) is 7.67. The standard InChI is InChI=1S/C19H23NO5S2/c1-4-6-9-25-14-8-7-12(10-15(14)24-3)11-16-17(21)20(19(26)27-16)13(5-2)18(22)23/h7-8,10-11,13H,4-6,9H2,1-3H3,(H,22,23)/p-1/b16-11-/t13-/m0/s1. The smallest absolute Gasteiger partial charge is 0.266 e. The highest BCUT2D eigenvalue weighted by molar-refractivity contribution is 8.26. The summed E-state index contributed by atoms with van der Waals surface area (Å²) in [6, 6.07) is 4.31. The lowest BCUT2D eigenvalue weighted by Crippen LogP contribution is -2.49. The van der Waals surface area contributed by atoms with Gasteiger partial charge in [0.25, 0.3) is 5.91 Å². The lowest BCUT2D eigenvalue weighted by Gasteiger charge is -2.26. The van der Waals surface area contributed by atoms with Gasteiger partial charge in [0.15, 0.2) is 11.5 Å². The first-order valence-corrected chi connectivity index (χ1v) is 9.94. The van der Waals surface area contributed by atoms with Crippen LogP contribution in [0.15, 0.2) is 23.1 Å². The first-order valence-electron chi connectivity index (χ1n) is 8.71. The summed E-state index contributed by atoms with van der Waals surface area (Å²) in [5, 5.41) is 11.3. The number of carboxylic acids is 1. The van der Waals surface area contributed by atoms with Crippen molar-refractivity contribution in [2.75, 3.05) is 13.7 Å². The Balaban J connectivity index is 2.24. The third-order valence-electron chi connectivity index (χ3n) is 4.03. The van der Waals surface area contributed by atoms with Gasteiger partial charge in [-0.25, -0.2) is 0 Å². The zero-order chi connectivity index (χ0) is 20.0. The molecule has 6 nitrogen and oxygen atoms in total. The molecule has 0 bridgehead atoms. The third kappa shape index (κ3) is 5.01. The predicted octanol–water partition coefficient (Wildman–Crippen LogP) is 2.60. The van der Waals surface area contributed by atoms with Crippen LogP contribution >= 0.6 is 24.0 Å². The second kappa shape index (κ2) is 9.75. The van der Waals surface area contributed by atoms with Crippen molar-refractivity contribution < 1.29 is 24.2 Å². The van der Waals surface area contributed by atoms with Gasteiger partial charge >= 0.3 is 0 Å². The van der Waals surface area contributed by atoms with E-state index in [0.29, 0.717) is 23.0 Å². The summed E-state index contributed by atoms with van der Waals surface area (Å²) in [6.45, 7) is 4.36. The van der Waals surface area contributed by atoms with Crippen LogP contribution in [0.5, 0.6) is 11.5 Å². The van der Waals surface area contributed by atoms with Gasteiger partial charge in [-0.1, -0.05) is 50.3 Å². The van der Waals surface area contributed by atoms with Crippen molar-refractivity contribution in [3.05, 3.63) is 28.7 Å². The molecule has 8 heteroatoms. The van der Waals surface area contributed by atoms with E-state index >= 15 is 0 Å². The average Bonchev–Trinajstić information content (AvgIpc) is 2.91. The van der Waals surface area contributed by atoms with Crippen molar-refractivity contribution in [2.24, 2.45) is 0 Å². The van der Waals surface area contributed by atoms with Crippen LogP contribution < -0.4 is 14.6 Å². The lowest BCUT2D eigenvalue weighted by atomic mass is 10.1. The SMILES string of the molecule is CCCCOc1ccc(/C=C2\SC(=S)N([C@@H](CC)C(=O)[O-])C2=O)cc1OC. The maximum Gasteiger partial charge on any atom is 0.266 e. The number of rotatable bonds is 9. The third-order valence-corrected chi connectivity index (χ3v) is 5.37. The first kappa shape index (κ1) is 21.2. The number of methoxy groups -OCH3 is 1. The molecule has 1 aliphatic rings. The van der Waals surface area contributed by atoms with Crippen LogP contribution in [0.2, 0.25) is 0 Å². The minimum atomic E-state index is -1.31. The number of hydrogen-bond acceptors (Lipinski definition) is 7. The largest absolute Gasteiger partial charge is 0.548 e. The normalized spacial score (nSPS) is 16.7. The van der Waals surface area contributed by atoms with Crippen LogP contribution in [0.1, 0.15) is 38.7 Å². The number of benzene rings is 1. The van der Waals surface area contributed by atoms with E-state index in [0.717, 1.165) is 35.1 Å². The number of thioether (sulfide) groups is 1. The number of carbonyl (C=O) groups is 2. The molecule has 1 saturated heterocycles. The van der Waals surface area contributed by atoms with E-state index in [1.165, 1.54) is 0 Å². The van der Waals surface area contributed by atoms with E-state index in [4.69, 9.17) is 21.7 Å². The maximum absolute atomic E-state index is 12.6. The Morgan fingerprint density at radius 3 is 2.70 bits per heavy atom. The molecule has 146 valence electrons. The number of carboxylic acid groups (broad SMARTS) is 1. The number of nitrogens with zero attached hydrogens (tertiary/aromatic N) is 1. The molecule has 1 fully saturated rings. The fourth-order valence-electron chi connectivity index (χ4n) is 2.57. The summed E-state index contributed by atoms with van der Waals surface area (Å²) >= 11 is 6.27. The second-order valence-electron chi connectivity index (χ2n) is 5.91. The molecular formula is C19H22NO5S2-. The molecule has 0 aromatic heterocycles. The molecule has 1 amide bonds. The summed E-state index contributed by atoms with van der Waals surface area (Å²) in [6.07, 6.45) is 3.87. The second-order valence-corrected chi connectivity index (χ2v) is 7.58. The summed E-state index contributed by atoms with van der Waals surface area (Å²) in [7, 11) is 1.55. The molecular weight excluding hydrogens is 386 g/mol. The van der Waals surface area contributed by atoms with Gasteiger partial charge in [0, 0.05) is 0 Å². The number of amides is 1. The van der Waals surface area contributed by atoms with Crippen molar-refractivity contribution >= 4 is 46.3 Å². The van der Waals surface area contributed by atoms with Gasteiger partial charge in [-0.15, -0.1) is 0 Å². The Morgan fingerprint density at radius 2 is 2.11 bits per heavy atom. The molecule has 1 heterocycles. The lowest BCUT2D eigenvalue weighted by molar-refractivity contribution is -0.310. The summed E-state index contributed by atoms with van der Waals surface area (Å²) in [4.78, 5) is 25.4. The summed E-state index contributed by atoms with van der Waals surface area (Å²) < 4.78 is 11.3. The highest BCUT2D eigenvalue weighted by Crippen LogP contribution is 2.36. The molecule has 0 unspecified atom stereocenters. The highest BCUT2D eigenvalue weighted by atomic mass is 32.2. The van der Waals surface area contributed by atoms with Gasteiger partial charge < -0.3 is 19.4 Å². The maximum atomic E-state index is 12.6. The monoisotopic (exact) mass is 408 g/mol. The van der Waals surface area contributed by atoms with E-state index in [1.807, 2.05) is 6.07 Å².